The van der Waals surface area contributed by atoms with E-state index in [-0.39, 0.29) is 24.0 Å². The summed E-state index contributed by atoms with van der Waals surface area (Å²) < 4.78 is 20.5. The standard InChI is InChI=1S/C19H28N2O4S/c1-19(2,3)25-18(23)20-12-11-17(22)14-7-6-8-15(13-14)21-26(24)16-9-4-5-10-16/h6-8,13,16,21H,4-5,9-12H2,1-3H3,(H,20,23). The smallest absolute Gasteiger partial charge is 0.407 e. The van der Waals surface area contributed by atoms with Crippen molar-refractivity contribution in [2.75, 3.05) is 11.3 Å². The topological polar surface area (TPSA) is 84.5 Å². The number of hydrogen-bond donors (Lipinski definition) is 2. The first-order valence-corrected chi connectivity index (χ1v) is 10.2. The Balaban J connectivity index is 1.83. The van der Waals surface area contributed by atoms with Gasteiger partial charge in [0, 0.05) is 24.2 Å². The van der Waals surface area contributed by atoms with E-state index >= 15 is 0 Å². The minimum Gasteiger partial charge on any atom is -0.444 e. The molecule has 2 N–H and O–H groups in total. The average molecular weight is 381 g/mol. The Kier molecular flexibility index (Phi) is 7.20. The van der Waals surface area contributed by atoms with Crippen LogP contribution in [0.15, 0.2) is 24.3 Å². The second kappa shape index (κ2) is 9.16. The van der Waals surface area contributed by atoms with Gasteiger partial charge in [-0.1, -0.05) is 25.0 Å². The molecule has 26 heavy (non-hydrogen) atoms. The van der Waals surface area contributed by atoms with E-state index in [0.717, 1.165) is 25.7 Å². The lowest BCUT2D eigenvalue weighted by Crippen LogP contribution is -2.33. The SMILES string of the molecule is CC(C)(C)OC(=O)NCCC(=O)c1cccc(NS(=O)C2CCCC2)c1. The van der Waals surface area contributed by atoms with Crippen LogP contribution in [0.1, 0.15) is 63.2 Å². The molecule has 1 aliphatic carbocycles. The minimum absolute atomic E-state index is 0.0867. The first-order chi connectivity index (χ1) is 12.2. The van der Waals surface area contributed by atoms with Gasteiger partial charge in [0.15, 0.2) is 5.78 Å². The maximum atomic E-state index is 12.3. The second-order valence-electron chi connectivity index (χ2n) is 7.49. The van der Waals surface area contributed by atoms with Crippen molar-refractivity contribution >= 4 is 28.5 Å². The van der Waals surface area contributed by atoms with Crippen LogP contribution < -0.4 is 10.0 Å². The highest BCUT2D eigenvalue weighted by Gasteiger charge is 2.21. The Morgan fingerprint density at radius 3 is 2.58 bits per heavy atom. The molecule has 0 aliphatic heterocycles. The van der Waals surface area contributed by atoms with Crippen molar-refractivity contribution in [1.29, 1.82) is 0 Å². The number of alkyl carbamates (subject to hydrolysis) is 1. The Morgan fingerprint density at radius 2 is 1.92 bits per heavy atom. The predicted octanol–water partition coefficient (Wildman–Crippen LogP) is 3.80. The molecule has 1 atom stereocenters. The number of rotatable bonds is 7. The Bertz CT molecular complexity index is 664. The lowest BCUT2D eigenvalue weighted by atomic mass is 10.1. The van der Waals surface area contributed by atoms with Crippen LogP contribution in [-0.4, -0.2) is 33.5 Å². The number of nitrogens with one attached hydrogen (secondary N) is 2. The summed E-state index contributed by atoms with van der Waals surface area (Å²) in [4.78, 5) is 23.9. The summed E-state index contributed by atoms with van der Waals surface area (Å²) in [7, 11) is -1.12. The molecule has 0 spiro atoms. The molecule has 1 fully saturated rings. The molecule has 0 radical (unpaired) electrons. The van der Waals surface area contributed by atoms with Crippen LogP contribution in [0.2, 0.25) is 0 Å². The molecule has 1 aromatic rings. The molecule has 1 unspecified atom stereocenters. The minimum atomic E-state index is -1.12. The molecule has 7 heteroatoms. The van der Waals surface area contributed by atoms with Gasteiger partial charge in [-0.05, 0) is 45.7 Å². The number of hydrogen-bond acceptors (Lipinski definition) is 4. The predicted molar refractivity (Wildman–Crippen MR) is 104 cm³/mol. The van der Waals surface area contributed by atoms with Crippen LogP contribution in [0.25, 0.3) is 0 Å². The van der Waals surface area contributed by atoms with E-state index < -0.39 is 22.7 Å². The maximum absolute atomic E-state index is 12.3. The third-order valence-corrected chi connectivity index (χ3v) is 5.54. The third-order valence-electron chi connectivity index (χ3n) is 4.03. The van der Waals surface area contributed by atoms with E-state index in [1.807, 2.05) is 6.07 Å². The van der Waals surface area contributed by atoms with Crippen molar-refractivity contribution in [3.8, 4) is 0 Å². The zero-order valence-electron chi connectivity index (χ0n) is 15.7. The fraction of sp³-hybridized carbons (Fsp3) is 0.579. The molecule has 0 aromatic heterocycles. The van der Waals surface area contributed by atoms with Gasteiger partial charge in [-0.2, -0.15) is 0 Å². The quantitative estimate of drug-likeness (QED) is 0.705. The van der Waals surface area contributed by atoms with Gasteiger partial charge in [-0.25, -0.2) is 9.00 Å². The monoisotopic (exact) mass is 380 g/mol. The maximum Gasteiger partial charge on any atom is 0.407 e. The number of carbonyl (C=O) groups excluding carboxylic acids is 2. The number of anilines is 1. The van der Waals surface area contributed by atoms with Gasteiger partial charge in [0.1, 0.15) is 16.6 Å². The van der Waals surface area contributed by atoms with Crippen molar-refractivity contribution in [3.63, 3.8) is 0 Å². The van der Waals surface area contributed by atoms with Gasteiger partial charge in [0.25, 0.3) is 0 Å². The second-order valence-corrected chi connectivity index (χ2v) is 8.95. The van der Waals surface area contributed by atoms with Crippen LogP contribution in [0.5, 0.6) is 0 Å². The third kappa shape index (κ3) is 6.78. The molecule has 1 aliphatic rings. The van der Waals surface area contributed by atoms with E-state index in [1.165, 1.54) is 0 Å². The summed E-state index contributed by atoms with van der Waals surface area (Å²) in [6.07, 6.45) is 3.85. The highest BCUT2D eigenvalue weighted by atomic mass is 32.2. The van der Waals surface area contributed by atoms with Gasteiger partial charge < -0.3 is 14.8 Å². The van der Waals surface area contributed by atoms with Gasteiger partial charge in [0.05, 0.1) is 5.25 Å². The van der Waals surface area contributed by atoms with E-state index in [1.54, 1.807) is 39.0 Å². The van der Waals surface area contributed by atoms with E-state index in [4.69, 9.17) is 4.74 Å². The molecule has 1 saturated carbocycles. The van der Waals surface area contributed by atoms with Crippen LogP contribution in [0.4, 0.5) is 10.5 Å². The van der Waals surface area contributed by atoms with Gasteiger partial charge in [-0.3, -0.25) is 4.79 Å². The summed E-state index contributed by atoms with van der Waals surface area (Å²) in [6.45, 7) is 5.56. The summed E-state index contributed by atoms with van der Waals surface area (Å²) in [6, 6.07) is 7.01. The van der Waals surface area contributed by atoms with E-state index in [9.17, 15) is 13.8 Å². The lowest BCUT2D eigenvalue weighted by Gasteiger charge is -2.19. The van der Waals surface area contributed by atoms with Crippen LogP contribution in [0, 0.1) is 0 Å². The molecule has 1 amide bonds. The molecule has 0 heterocycles. The number of amides is 1. The van der Waals surface area contributed by atoms with Crippen molar-refractivity contribution in [1.82, 2.24) is 5.32 Å². The molecule has 144 valence electrons. The number of benzene rings is 1. The molecule has 2 rings (SSSR count). The Morgan fingerprint density at radius 1 is 1.23 bits per heavy atom. The van der Waals surface area contributed by atoms with Crippen molar-refractivity contribution in [3.05, 3.63) is 29.8 Å². The van der Waals surface area contributed by atoms with Crippen LogP contribution >= 0.6 is 0 Å². The van der Waals surface area contributed by atoms with Crippen LogP contribution in [-0.2, 0) is 15.7 Å². The lowest BCUT2D eigenvalue weighted by molar-refractivity contribution is 0.0527. The Hall–Kier alpha value is -1.89. The van der Waals surface area contributed by atoms with E-state index in [0.29, 0.717) is 11.3 Å². The van der Waals surface area contributed by atoms with Crippen molar-refractivity contribution in [2.45, 2.75) is 63.7 Å². The largest absolute Gasteiger partial charge is 0.444 e. The first kappa shape index (κ1) is 20.4. The first-order valence-electron chi connectivity index (χ1n) is 9.02. The number of ether oxygens (including phenoxy) is 1. The molecule has 0 saturated heterocycles. The van der Waals surface area contributed by atoms with E-state index in [2.05, 4.69) is 10.0 Å². The molecule has 6 nitrogen and oxygen atoms in total. The zero-order valence-corrected chi connectivity index (χ0v) is 16.5. The number of carbonyl (C=O) groups is 2. The highest BCUT2D eigenvalue weighted by Crippen LogP contribution is 2.24. The van der Waals surface area contributed by atoms with Gasteiger partial charge >= 0.3 is 6.09 Å². The number of Topliss-reactive ketones (excluding diaryl/α,β-unsaturated/α-hetero) is 1. The molecule has 1 aromatic carbocycles. The molecule has 0 bridgehead atoms. The zero-order chi connectivity index (χ0) is 19.2. The summed E-state index contributed by atoms with van der Waals surface area (Å²) in [5, 5.41) is 2.76. The fourth-order valence-electron chi connectivity index (χ4n) is 2.79. The van der Waals surface area contributed by atoms with Gasteiger partial charge in [0.2, 0.25) is 0 Å². The molecular formula is C19H28N2O4S. The van der Waals surface area contributed by atoms with Crippen molar-refractivity contribution < 1.29 is 18.5 Å². The van der Waals surface area contributed by atoms with Crippen molar-refractivity contribution in [2.24, 2.45) is 0 Å². The summed E-state index contributed by atoms with van der Waals surface area (Å²) >= 11 is 0. The normalized spacial score (nSPS) is 16.1. The molecular weight excluding hydrogens is 352 g/mol. The number of ketones is 1. The van der Waals surface area contributed by atoms with Crippen LogP contribution in [0.3, 0.4) is 0 Å². The summed E-state index contributed by atoms with van der Waals surface area (Å²) in [5.41, 5.74) is 0.647. The highest BCUT2D eigenvalue weighted by molar-refractivity contribution is 7.87. The van der Waals surface area contributed by atoms with Gasteiger partial charge in [-0.15, -0.1) is 0 Å². The summed E-state index contributed by atoms with van der Waals surface area (Å²) in [5.74, 6) is -0.0867. The average Bonchev–Trinajstić information content (AvgIpc) is 3.08. The fourth-order valence-corrected chi connectivity index (χ4v) is 4.08. The Labute approximate surface area is 157 Å².